The van der Waals surface area contributed by atoms with E-state index in [2.05, 4.69) is 10.3 Å². The molecule has 3 rings (SSSR count). The summed E-state index contributed by atoms with van der Waals surface area (Å²) in [5.74, 6) is 1.16. The maximum absolute atomic E-state index is 11.4. The first-order valence-corrected chi connectivity index (χ1v) is 6.56. The van der Waals surface area contributed by atoms with Crippen molar-refractivity contribution >= 4 is 22.7 Å². The minimum Gasteiger partial charge on any atom is -0.478 e. The lowest BCUT2D eigenvalue weighted by atomic mass is 10.1. The van der Waals surface area contributed by atoms with Crippen molar-refractivity contribution in [3.63, 3.8) is 0 Å². The Labute approximate surface area is 121 Å². The second-order valence-corrected chi connectivity index (χ2v) is 4.74. The van der Waals surface area contributed by atoms with Gasteiger partial charge in [0.25, 0.3) is 0 Å². The number of para-hydroxylation sites is 1. The van der Waals surface area contributed by atoms with Crippen LogP contribution in [0.3, 0.4) is 0 Å². The third-order valence-corrected chi connectivity index (χ3v) is 3.19. The Balaban J connectivity index is 1.93. The molecule has 0 aliphatic heterocycles. The largest absolute Gasteiger partial charge is 0.478 e. The monoisotopic (exact) mass is 282 g/mol. The van der Waals surface area contributed by atoms with Crippen LogP contribution in [0.2, 0.25) is 0 Å². The lowest BCUT2D eigenvalue weighted by molar-refractivity contribution is 0.0699. The van der Waals surface area contributed by atoms with E-state index in [1.807, 2.05) is 25.1 Å². The highest BCUT2D eigenvalue weighted by Crippen LogP contribution is 2.21. The number of fused-ring (bicyclic) bond motifs is 1. The number of pyridine rings is 1. The fourth-order valence-corrected chi connectivity index (χ4v) is 2.20. The van der Waals surface area contributed by atoms with Gasteiger partial charge in [-0.15, -0.1) is 0 Å². The number of hydrogen-bond donors (Lipinski definition) is 2. The number of hydrogen-bond acceptors (Lipinski definition) is 4. The van der Waals surface area contributed by atoms with Gasteiger partial charge in [-0.1, -0.05) is 18.2 Å². The zero-order valence-electron chi connectivity index (χ0n) is 11.5. The maximum atomic E-state index is 11.4. The average Bonchev–Trinajstić information content (AvgIpc) is 2.89. The minimum absolute atomic E-state index is 0.235. The number of carboxylic acid groups (broad SMARTS) is 1. The van der Waals surface area contributed by atoms with E-state index in [4.69, 9.17) is 4.42 Å². The zero-order valence-corrected chi connectivity index (χ0v) is 11.5. The Hall–Kier alpha value is -2.82. The zero-order chi connectivity index (χ0) is 14.8. The first-order valence-electron chi connectivity index (χ1n) is 6.56. The lowest BCUT2D eigenvalue weighted by Gasteiger charge is -2.08. The van der Waals surface area contributed by atoms with E-state index in [-0.39, 0.29) is 5.56 Å². The molecule has 0 atom stereocenters. The van der Waals surface area contributed by atoms with Crippen molar-refractivity contribution in [2.75, 3.05) is 5.32 Å². The van der Waals surface area contributed by atoms with E-state index in [9.17, 15) is 9.90 Å². The number of carbonyl (C=O) groups is 1. The topological polar surface area (TPSA) is 75.4 Å². The van der Waals surface area contributed by atoms with Gasteiger partial charge in [0.05, 0.1) is 17.6 Å². The molecule has 0 amide bonds. The molecule has 0 spiro atoms. The van der Waals surface area contributed by atoms with Gasteiger partial charge in [-0.3, -0.25) is 0 Å². The summed E-state index contributed by atoms with van der Waals surface area (Å²) in [6.07, 6.45) is 0. The highest BCUT2D eigenvalue weighted by atomic mass is 16.4. The number of nitrogens with one attached hydrogen (secondary N) is 1. The maximum Gasteiger partial charge on any atom is 0.336 e. The van der Waals surface area contributed by atoms with Crippen molar-refractivity contribution in [1.82, 2.24) is 4.98 Å². The number of carboxylic acids is 1. The number of aromatic nitrogens is 1. The second-order valence-electron chi connectivity index (χ2n) is 4.74. The van der Waals surface area contributed by atoms with Gasteiger partial charge in [-0.2, -0.15) is 0 Å². The molecule has 0 unspecified atom stereocenters. The van der Waals surface area contributed by atoms with Crippen LogP contribution in [-0.2, 0) is 6.54 Å². The fraction of sp³-hybridized carbons (Fsp3) is 0.125. The summed E-state index contributed by atoms with van der Waals surface area (Å²) >= 11 is 0. The summed E-state index contributed by atoms with van der Waals surface area (Å²) in [7, 11) is 0. The molecule has 1 aromatic carbocycles. The van der Waals surface area contributed by atoms with Gasteiger partial charge in [-0.25, -0.2) is 9.78 Å². The van der Waals surface area contributed by atoms with Crippen LogP contribution in [-0.4, -0.2) is 16.1 Å². The summed E-state index contributed by atoms with van der Waals surface area (Å²) < 4.78 is 5.46. The SMILES string of the molecule is Cc1ccc(CNc2cc(C(=O)O)c3ccccc3n2)o1. The van der Waals surface area contributed by atoms with Crippen LogP contribution < -0.4 is 5.32 Å². The van der Waals surface area contributed by atoms with Crippen LogP contribution in [0, 0.1) is 6.92 Å². The number of nitrogens with zero attached hydrogens (tertiary/aromatic N) is 1. The standard InChI is InChI=1S/C16H14N2O3/c1-10-6-7-11(21-10)9-17-15-8-13(16(19)20)12-4-2-3-5-14(12)18-15/h2-8H,9H2,1H3,(H,17,18)(H,19,20). The van der Waals surface area contributed by atoms with E-state index >= 15 is 0 Å². The summed E-state index contributed by atoms with van der Waals surface area (Å²) in [6.45, 7) is 2.33. The van der Waals surface area contributed by atoms with Crippen molar-refractivity contribution in [2.45, 2.75) is 13.5 Å². The molecule has 5 heteroatoms. The third kappa shape index (κ3) is 2.72. The molecule has 0 aliphatic rings. The molecule has 0 saturated heterocycles. The summed E-state index contributed by atoms with van der Waals surface area (Å²) in [4.78, 5) is 15.8. The van der Waals surface area contributed by atoms with Gasteiger partial charge in [0.1, 0.15) is 17.3 Å². The van der Waals surface area contributed by atoms with Gasteiger partial charge in [-0.05, 0) is 31.2 Å². The summed E-state index contributed by atoms with van der Waals surface area (Å²) in [6, 6.07) is 12.5. The number of furan rings is 1. The quantitative estimate of drug-likeness (QED) is 0.766. The van der Waals surface area contributed by atoms with Crippen LogP contribution >= 0.6 is 0 Å². The number of benzene rings is 1. The van der Waals surface area contributed by atoms with Gasteiger partial charge in [0, 0.05) is 5.39 Å². The minimum atomic E-state index is -0.967. The number of aromatic carboxylic acids is 1. The smallest absolute Gasteiger partial charge is 0.336 e. The van der Waals surface area contributed by atoms with Crippen LogP contribution in [0.5, 0.6) is 0 Å². The molecule has 106 valence electrons. The van der Waals surface area contributed by atoms with Crippen LogP contribution in [0.4, 0.5) is 5.82 Å². The predicted octanol–water partition coefficient (Wildman–Crippen LogP) is 3.45. The second kappa shape index (κ2) is 5.28. The van der Waals surface area contributed by atoms with Crippen LogP contribution in [0.15, 0.2) is 46.9 Å². The van der Waals surface area contributed by atoms with Gasteiger partial charge in [0.2, 0.25) is 0 Å². The van der Waals surface area contributed by atoms with Gasteiger partial charge >= 0.3 is 5.97 Å². The van der Waals surface area contributed by atoms with E-state index in [1.165, 1.54) is 0 Å². The molecule has 0 aliphatic carbocycles. The van der Waals surface area contributed by atoms with Crippen molar-refractivity contribution in [3.8, 4) is 0 Å². The Kier molecular flexibility index (Phi) is 3.31. The van der Waals surface area contributed by atoms with E-state index in [0.29, 0.717) is 23.3 Å². The molecule has 0 fully saturated rings. The molecular formula is C16H14N2O3. The molecule has 0 bridgehead atoms. The Bertz CT molecular complexity index is 808. The van der Waals surface area contributed by atoms with Crippen molar-refractivity contribution < 1.29 is 14.3 Å². The van der Waals surface area contributed by atoms with E-state index < -0.39 is 5.97 Å². The molecule has 3 aromatic rings. The number of anilines is 1. The van der Waals surface area contributed by atoms with Crippen molar-refractivity contribution in [2.24, 2.45) is 0 Å². The van der Waals surface area contributed by atoms with Crippen molar-refractivity contribution in [1.29, 1.82) is 0 Å². The van der Waals surface area contributed by atoms with Crippen LogP contribution in [0.25, 0.3) is 10.9 Å². The molecule has 21 heavy (non-hydrogen) atoms. The summed E-state index contributed by atoms with van der Waals surface area (Å²) in [5, 5.41) is 13.0. The average molecular weight is 282 g/mol. The predicted molar refractivity (Wildman–Crippen MR) is 79.5 cm³/mol. The first kappa shape index (κ1) is 13.2. The highest BCUT2D eigenvalue weighted by Gasteiger charge is 2.11. The molecule has 0 saturated carbocycles. The Morgan fingerprint density at radius 3 is 2.81 bits per heavy atom. The van der Waals surface area contributed by atoms with Gasteiger partial charge < -0.3 is 14.8 Å². The molecule has 0 radical (unpaired) electrons. The molecule has 2 aromatic heterocycles. The van der Waals surface area contributed by atoms with E-state index in [1.54, 1.807) is 24.3 Å². The first-order chi connectivity index (χ1) is 10.1. The Morgan fingerprint density at radius 2 is 2.10 bits per heavy atom. The Morgan fingerprint density at radius 1 is 1.29 bits per heavy atom. The van der Waals surface area contributed by atoms with Crippen molar-refractivity contribution in [3.05, 3.63) is 59.5 Å². The summed E-state index contributed by atoms with van der Waals surface area (Å²) in [5.41, 5.74) is 0.884. The van der Waals surface area contributed by atoms with E-state index in [0.717, 1.165) is 11.5 Å². The fourth-order valence-electron chi connectivity index (χ4n) is 2.20. The normalized spacial score (nSPS) is 10.7. The number of aryl methyl sites for hydroxylation is 1. The number of rotatable bonds is 4. The molecule has 2 heterocycles. The lowest BCUT2D eigenvalue weighted by Crippen LogP contribution is -2.05. The molecule has 5 nitrogen and oxygen atoms in total. The highest BCUT2D eigenvalue weighted by molar-refractivity contribution is 6.03. The van der Waals surface area contributed by atoms with Gasteiger partial charge in [0.15, 0.2) is 0 Å². The molecular weight excluding hydrogens is 268 g/mol. The molecule has 2 N–H and O–H groups in total. The van der Waals surface area contributed by atoms with Crippen LogP contribution in [0.1, 0.15) is 21.9 Å². The third-order valence-electron chi connectivity index (χ3n) is 3.19.